The van der Waals surface area contributed by atoms with Gasteiger partial charge in [0.05, 0.1) is 17.3 Å². The van der Waals surface area contributed by atoms with Crippen LogP contribution in [0.15, 0.2) is 41.3 Å². The number of rotatable bonds is 4. The summed E-state index contributed by atoms with van der Waals surface area (Å²) >= 11 is 0. The smallest absolute Gasteiger partial charge is 0.334 e. The van der Waals surface area contributed by atoms with E-state index in [4.69, 9.17) is 0 Å². The highest BCUT2D eigenvalue weighted by Crippen LogP contribution is 2.21. The van der Waals surface area contributed by atoms with Crippen molar-refractivity contribution in [2.75, 3.05) is 7.11 Å². The number of esters is 1. The zero-order valence-corrected chi connectivity index (χ0v) is 11.5. The number of carbonyl (C=O) groups excluding carboxylic acids is 1. The molecule has 0 aromatic heterocycles. The van der Waals surface area contributed by atoms with Gasteiger partial charge < -0.3 is 4.74 Å². The van der Waals surface area contributed by atoms with Crippen molar-refractivity contribution in [2.45, 2.75) is 24.0 Å². The van der Waals surface area contributed by atoms with Crippen molar-refractivity contribution in [3.8, 4) is 0 Å². The van der Waals surface area contributed by atoms with Crippen LogP contribution in [0.4, 0.5) is 0 Å². The minimum Gasteiger partial charge on any atom is -0.466 e. The molecule has 18 heavy (non-hydrogen) atoms. The van der Waals surface area contributed by atoms with E-state index in [9.17, 15) is 13.2 Å². The third kappa shape index (κ3) is 2.79. The summed E-state index contributed by atoms with van der Waals surface area (Å²) in [5.74, 6) is -0.710. The van der Waals surface area contributed by atoms with Crippen LogP contribution in [0.5, 0.6) is 0 Å². The number of methoxy groups -OCH3 is 1. The second-order valence-corrected chi connectivity index (χ2v) is 6.29. The highest BCUT2D eigenvalue weighted by Gasteiger charge is 2.29. The zero-order valence-electron chi connectivity index (χ0n) is 10.6. The Morgan fingerprint density at radius 3 is 2.22 bits per heavy atom. The van der Waals surface area contributed by atoms with E-state index in [1.807, 2.05) is 6.92 Å². The monoisotopic (exact) mass is 268 g/mol. The summed E-state index contributed by atoms with van der Waals surface area (Å²) in [6.07, 6.45) is 0. The van der Waals surface area contributed by atoms with Gasteiger partial charge in [-0.2, -0.15) is 0 Å². The van der Waals surface area contributed by atoms with E-state index >= 15 is 0 Å². The number of sulfone groups is 1. The summed E-state index contributed by atoms with van der Waals surface area (Å²) in [4.78, 5) is 11.5. The molecule has 0 saturated heterocycles. The van der Waals surface area contributed by atoms with Crippen LogP contribution in [0.25, 0.3) is 0 Å². The fourth-order valence-electron chi connectivity index (χ4n) is 1.42. The molecule has 0 saturated carbocycles. The average molecular weight is 268 g/mol. The van der Waals surface area contributed by atoms with Gasteiger partial charge in [-0.05, 0) is 26.0 Å². The van der Waals surface area contributed by atoms with E-state index in [-0.39, 0.29) is 10.5 Å². The Bertz CT molecular complexity index is 555. The SMILES string of the molecule is C=C(C(=O)OC)C(C)S(=O)(=O)c1ccc(C)cc1. The van der Waals surface area contributed by atoms with Crippen molar-refractivity contribution in [1.82, 2.24) is 0 Å². The van der Waals surface area contributed by atoms with Crippen LogP contribution in [-0.2, 0) is 19.4 Å². The van der Waals surface area contributed by atoms with E-state index < -0.39 is 21.1 Å². The van der Waals surface area contributed by atoms with Gasteiger partial charge in [0.15, 0.2) is 9.84 Å². The Morgan fingerprint density at radius 1 is 1.28 bits per heavy atom. The molecule has 1 aromatic rings. The van der Waals surface area contributed by atoms with Crippen molar-refractivity contribution < 1.29 is 17.9 Å². The summed E-state index contributed by atoms with van der Waals surface area (Å²) in [7, 11) is -2.42. The van der Waals surface area contributed by atoms with Gasteiger partial charge >= 0.3 is 5.97 Å². The summed E-state index contributed by atoms with van der Waals surface area (Å²) in [5, 5.41) is -1.01. The van der Waals surface area contributed by atoms with Gasteiger partial charge in [-0.3, -0.25) is 0 Å². The molecule has 98 valence electrons. The van der Waals surface area contributed by atoms with Crippen molar-refractivity contribution in [3.63, 3.8) is 0 Å². The van der Waals surface area contributed by atoms with Crippen molar-refractivity contribution in [2.24, 2.45) is 0 Å². The standard InChI is InChI=1S/C13H16O4S/c1-9-5-7-12(8-6-9)18(15,16)11(3)10(2)13(14)17-4/h5-8,11H,2H2,1,3-4H3. The van der Waals surface area contributed by atoms with Gasteiger partial charge in [-0.1, -0.05) is 24.3 Å². The van der Waals surface area contributed by atoms with Crippen LogP contribution in [0.3, 0.4) is 0 Å². The fourth-order valence-corrected chi connectivity index (χ4v) is 2.81. The first-order chi connectivity index (χ1) is 8.30. The molecule has 1 rings (SSSR count). The molecule has 0 bridgehead atoms. The van der Waals surface area contributed by atoms with Crippen LogP contribution in [0.1, 0.15) is 12.5 Å². The predicted molar refractivity (Wildman–Crippen MR) is 69.0 cm³/mol. The van der Waals surface area contributed by atoms with Crippen LogP contribution < -0.4 is 0 Å². The van der Waals surface area contributed by atoms with Gasteiger partial charge in [0, 0.05) is 5.57 Å². The summed E-state index contributed by atoms with van der Waals surface area (Å²) < 4.78 is 29.0. The molecule has 1 unspecified atom stereocenters. The van der Waals surface area contributed by atoms with Gasteiger partial charge in [-0.15, -0.1) is 0 Å². The molecule has 0 spiro atoms. The molecule has 0 aliphatic carbocycles. The normalized spacial score (nSPS) is 12.8. The molecule has 4 nitrogen and oxygen atoms in total. The number of hydrogen-bond acceptors (Lipinski definition) is 4. The lowest BCUT2D eigenvalue weighted by Crippen LogP contribution is -2.25. The van der Waals surface area contributed by atoms with Crippen molar-refractivity contribution in [1.29, 1.82) is 0 Å². The molecule has 1 atom stereocenters. The molecular formula is C13H16O4S. The molecule has 0 amide bonds. The number of hydrogen-bond donors (Lipinski definition) is 0. The largest absolute Gasteiger partial charge is 0.466 e. The second kappa shape index (κ2) is 5.35. The first kappa shape index (κ1) is 14.4. The number of ether oxygens (including phenoxy) is 1. The Labute approximate surface area is 107 Å². The number of benzene rings is 1. The van der Waals surface area contributed by atoms with Gasteiger partial charge in [0.1, 0.15) is 0 Å². The minimum absolute atomic E-state index is 0.0712. The van der Waals surface area contributed by atoms with Crippen LogP contribution in [0, 0.1) is 6.92 Å². The Hall–Kier alpha value is -1.62. The van der Waals surface area contributed by atoms with Crippen LogP contribution in [0.2, 0.25) is 0 Å². The number of carbonyl (C=O) groups is 1. The third-order valence-corrected chi connectivity index (χ3v) is 4.90. The topological polar surface area (TPSA) is 60.4 Å². The third-order valence-electron chi connectivity index (χ3n) is 2.75. The lowest BCUT2D eigenvalue weighted by molar-refractivity contribution is -0.136. The van der Waals surface area contributed by atoms with E-state index in [1.54, 1.807) is 12.1 Å². The Kier molecular flexibility index (Phi) is 4.29. The maximum atomic E-state index is 12.2. The first-order valence-electron chi connectivity index (χ1n) is 5.38. The van der Waals surface area contributed by atoms with E-state index in [0.717, 1.165) is 5.56 Å². The van der Waals surface area contributed by atoms with E-state index in [2.05, 4.69) is 11.3 Å². The summed E-state index contributed by atoms with van der Waals surface area (Å²) in [6, 6.07) is 6.46. The molecule has 0 aliphatic heterocycles. The molecule has 1 aromatic carbocycles. The van der Waals surface area contributed by atoms with Crippen molar-refractivity contribution >= 4 is 15.8 Å². The number of aryl methyl sites for hydroxylation is 1. The quantitative estimate of drug-likeness (QED) is 0.618. The second-order valence-electron chi connectivity index (χ2n) is 4.02. The molecule has 0 radical (unpaired) electrons. The molecular weight excluding hydrogens is 252 g/mol. The van der Waals surface area contributed by atoms with E-state index in [0.29, 0.717) is 0 Å². The zero-order chi connectivity index (χ0) is 13.9. The molecule has 0 heterocycles. The lowest BCUT2D eigenvalue weighted by Gasteiger charge is -2.14. The first-order valence-corrected chi connectivity index (χ1v) is 6.93. The van der Waals surface area contributed by atoms with Crippen LogP contribution in [-0.4, -0.2) is 26.7 Å². The average Bonchev–Trinajstić information content (AvgIpc) is 2.36. The van der Waals surface area contributed by atoms with Crippen LogP contribution >= 0.6 is 0 Å². The molecule has 0 N–H and O–H groups in total. The predicted octanol–water partition coefficient (Wildman–Crippen LogP) is 1.89. The molecule has 5 heteroatoms. The summed E-state index contributed by atoms with van der Waals surface area (Å²) in [6.45, 7) is 6.77. The highest BCUT2D eigenvalue weighted by atomic mass is 32.2. The molecule has 0 aliphatic rings. The summed E-state index contributed by atoms with van der Waals surface area (Å²) in [5.41, 5.74) is 0.895. The van der Waals surface area contributed by atoms with Gasteiger partial charge in [0.25, 0.3) is 0 Å². The Morgan fingerprint density at radius 2 is 1.78 bits per heavy atom. The maximum Gasteiger partial charge on any atom is 0.334 e. The lowest BCUT2D eigenvalue weighted by atomic mass is 10.2. The Balaban J connectivity index is 3.11. The van der Waals surface area contributed by atoms with Crippen molar-refractivity contribution in [3.05, 3.63) is 42.0 Å². The van der Waals surface area contributed by atoms with Gasteiger partial charge in [-0.25, -0.2) is 13.2 Å². The van der Waals surface area contributed by atoms with E-state index in [1.165, 1.54) is 26.2 Å². The van der Waals surface area contributed by atoms with Gasteiger partial charge in [0.2, 0.25) is 0 Å². The highest BCUT2D eigenvalue weighted by molar-refractivity contribution is 7.92. The fraction of sp³-hybridized carbons (Fsp3) is 0.308. The minimum atomic E-state index is -3.61. The molecule has 0 fully saturated rings. The maximum absolute atomic E-state index is 12.2.